The predicted octanol–water partition coefficient (Wildman–Crippen LogP) is 4.46. The molecule has 0 saturated heterocycles. The highest BCUT2D eigenvalue weighted by molar-refractivity contribution is 5.53. The highest BCUT2D eigenvalue weighted by atomic mass is 19.1. The molecule has 0 bridgehead atoms. The molecular weight excluding hydrogens is 291 g/mol. The van der Waals surface area contributed by atoms with Gasteiger partial charge in [-0.05, 0) is 49.2 Å². The summed E-state index contributed by atoms with van der Waals surface area (Å²) in [7, 11) is 0. The van der Waals surface area contributed by atoms with E-state index in [1.54, 1.807) is 12.1 Å². The van der Waals surface area contributed by atoms with Crippen molar-refractivity contribution in [2.45, 2.75) is 32.1 Å². The van der Waals surface area contributed by atoms with Crippen LogP contribution in [-0.2, 0) is 12.8 Å². The van der Waals surface area contributed by atoms with Crippen molar-refractivity contribution in [2.75, 3.05) is 0 Å². The summed E-state index contributed by atoms with van der Waals surface area (Å²) < 4.78 is 18.9. The van der Waals surface area contributed by atoms with Crippen molar-refractivity contribution in [3.63, 3.8) is 0 Å². The molecule has 1 atom stereocenters. The lowest BCUT2D eigenvalue weighted by molar-refractivity contribution is 0.460. The molecule has 0 radical (unpaired) electrons. The number of pyridine rings is 1. The first-order valence-corrected chi connectivity index (χ1v) is 7.87. The van der Waals surface area contributed by atoms with Crippen molar-refractivity contribution in [3.05, 3.63) is 71.1 Å². The lowest BCUT2D eigenvalue weighted by Gasteiger charge is -2.21. The molecule has 0 spiro atoms. The second-order valence-electron chi connectivity index (χ2n) is 6.04. The van der Waals surface area contributed by atoms with E-state index in [2.05, 4.69) is 23.0 Å². The molecule has 1 aliphatic carbocycles. The molecule has 3 aromatic rings. The van der Waals surface area contributed by atoms with Gasteiger partial charge in [0.2, 0.25) is 5.89 Å². The average molecular weight is 308 g/mol. The van der Waals surface area contributed by atoms with Crippen LogP contribution in [-0.4, -0.2) is 9.97 Å². The number of oxazole rings is 1. The number of rotatable bonds is 2. The Kier molecular flexibility index (Phi) is 3.45. The molecule has 0 amide bonds. The zero-order chi connectivity index (χ0) is 15.8. The van der Waals surface area contributed by atoms with E-state index in [1.807, 2.05) is 12.3 Å². The third kappa shape index (κ3) is 2.65. The van der Waals surface area contributed by atoms with Crippen LogP contribution in [0.2, 0.25) is 0 Å². The maximum absolute atomic E-state index is 13.0. The van der Waals surface area contributed by atoms with Crippen molar-refractivity contribution in [2.24, 2.45) is 0 Å². The number of fused-ring (bicyclic) bond motifs is 1. The van der Waals surface area contributed by atoms with Crippen molar-refractivity contribution in [3.8, 4) is 11.5 Å². The van der Waals surface area contributed by atoms with E-state index in [-0.39, 0.29) is 5.82 Å². The number of hydrogen-bond donors (Lipinski definition) is 0. The van der Waals surface area contributed by atoms with Crippen LogP contribution in [0.3, 0.4) is 0 Å². The normalized spacial score (nSPS) is 17.0. The molecule has 0 fully saturated rings. The summed E-state index contributed by atoms with van der Waals surface area (Å²) in [6.07, 6.45) is 4.58. The molecule has 2 aromatic heterocycles. The molecule has 0 N–H and O–H groups in total. The summed E-state index contributed by atoms with van der Waals surface area (Å²) in [6.45, 7) is 2.10. The summed E-state index contributed by atoms with van der Waals surface area (Å²) in [4.78, 5) is 9.19. The van der Waals surface area contributed by atoms with Crippen molar-refractivity contribution in [1.29, 1.82) is 0 Å². The van der Waals surface area contributed by atoms with Crippen molar-refractivity contribution in [1.82, 2.24) is 9.97 Å². The zero-order valence-electron chi connectivity index (χ0n) is 12.9. The number of nitrogens with zero attached hydrogens (tertiary/aromatic N) is 2. The van der Waals surface area contributed by atoms with Crippen LogP contribution in [0.15, 0.2) is 47.0 Å². The van der Waals surface area contributed by atoms with Gasteiger partial charge in [0.15, 0.2) is 0 Å². The highest BCUT2D eigenvalue weighted by Crippen LogP contribution is 2.35. The molecular formula is C19H17FN2O. The van der Waals surface area contributed by atoms with E-state index >= 15 is 0 Å². The van der Waals surface area contributed by atoms with E-state index in [9.17, 15) is 4.39 Å². The predicted molar refractivity (Wildman–Crippen MR) is 85.6 cm³/mol. The van der Waals surface area contributed by atoms with Crippen LogP contribution >= 0.6 is 0 Å². The van der Waals surface area contributed by atoms with Crippen LogP contribution in [0.4, 0.5) is 4.39 Å². The second kappa shape index (κ2) is 5.61. The standard InChI is InChI=1S/C19H17FN2O/c1-12-3-2-10-21-18(12)14-6-9-17-16(11-14)22-19(23-17)13-4-7-15(20)8-5-13/h2-5,7-8,10,14H,6,9,11H2,1H3. The van der Waals surface area contributed by atoms with Gasteiger partial charge in [-0.2, -0.15) is 0 Å². The van der Waals surface area contributed by atoms with Crippen LogP contribution in [0, 0.1) is 12.7 Å². The molecule has 4 heteroatoms. The zero-order valence-corrected chi connectivity index (χ0v) is 12.9. The summed E-state index contributed by atoms with van der Waals surface area (Å²) >= 11 is 0. The number of benzene rings is 1. The maximum Gasteiger partial charge on any atom is 0.226 e. The Bertz CT molecular complexity index is 839. The van der Waals surface area contributed by atoms with Crippen molar-refractivity contribution < 1.29 is 8.81 Å². The minimum Gasteiger partial charge on any atom is -0.441 e. The number of halogens is 1. The first-order chi connectivity index (χ1) is 11.2. The Hall–Kier alpha value is -2.49. The molecule has 116 valence electrons. The molecule has 4 rings (SSSR count). The summed E-state index contributed by atoms with van der Waals surface area (Å²) in [6, 6.07) is 10.3. The molecule has 0 aliphatic heterocycles. The smallest absolute Gasteiger partial charge is 0.226 e. The second-order valence-corrected chi connectivity index (χ2v) is 6.04. The van der Waals surface area contributed by atoms with Gasteiger partial charge in [-0.15, -0.1) is 0 Å². The van der Waals surface area contributed by atoms with E-state index in [1.165, 1.54) is 17.7 Å². The minimum absolute atomic E-state index is 0.254. The minimum atomic E-state index is -0.254. The highest BCUT2D eigenvalue weighted by Gasteiger charge is 2.27. The summed E-state index contributed by atoms with van der Waals surface area (Å²) in [5.74, 6) is 1.66. The van der Waals surface area contributed by atoms with E-state index in [0.717, 1.165) is 42.0 Å². The first-order valence-electron chi connectivity index (χ1n) is 7.87. The lowest BCUT2D eigenvalue weighted by Crippen LogP contribution is -2.14. The van der Waals surface area contributed by atoms with Crippen LogP contribution < -0.4 is 0 Å². The van der Waals surface area contributed by atoms with Crippen molar-refractivity contribution >= 4 is 0 Å². The van der Waals surface area contributed by atoms with Gasteiger partial charge < -0.3 is 4.42 Å². The largest absolute Gasteiger partial charge is 0.441 e. The van der Waals surface area contributed by atoms with E-state index in [4.69, 9.17) is 4.42 Å². The van der Waals surface area contributed by atoms with E-state index < -0.39 is 0 Å². The molecule has 3 nitrogen and oxygen atoms in total. The van der Waals surface area contributed by atoms with E-state index in [0.29, 0.717) is 11.8 Å². The lowest BCUT2D eigenvalue weighted by atomic mass is 9.86. The number of hydrogen-bond acceptors (Lipinski definition) is 3. The molecule has 2 heterocycles. The van der Waals surface area contributed by atoms with Gasteiger partial charge in [-0.25, -0.2) is 9.37 Å². The Morgan fingerprint density at radius 1 is 1.17 bits per heavy atom. The van der Waals surface area contributed by atoms with Gasteiger partial charge in [-0.3, -0.25) is 4.98 Å². The number of aromatic nitrogens is 2. The van der Waals surface area contributed by atoms with Gasteiger partial charge in [0.05, 0.1) is 5.69 Å². The average Bonchev–Trinajstić information content (AvgIpc) is 2.99. The van der Waals surface area contributed by atoms with Crippen LogP contribution in [0.25, 0.3) is 11.5 Å². The Morgan fingerprint density at radius 2 is 2.00 bits per heavy atom. The van der Waals surface area contributed by atoms with Gasteiger partial charge >= 0.3 is 0 Å². The Morgan fingerprint density at radius 3 is 2.78 bits per heavy atom. The Labute approximate surface area is 134 Å². The number of aryl methyl sites for hydroxylation is 2. The molecule has 23 heavy (non-hydrogen) atoms. The van der Waals surface area contributed by atoms with Crippen LogP contribution in [0.1, 0.15) is 35.1 Å². The fourth-order valence-electron chi connectivity index (χ4n) is 3.25. The molecule has 1 unspecified atom stereocenters. The SMILES string of the molecule is Cc1cccnc1C1CCc2oc(-c3ccc(F)cc3)nc2C1. The van der Waals surface area contributed by atoms with Gasteiger partial charge in [0.1, 0.15) is 11.6 Å². The van der Waals surface area contributed by atoms with Gasteiger partial charge in [0, 0.05) is 36.2 Å². The fraction of sp³-hybridized carbons (Fsp3) is 0.263. The monoisotopic (exact) mass is 308 g/mol. The molecule has 1 aromatic carbocycles. The molecule has 0 saturated carbocycles. The first kappa shape index (κ1) is 14.1. The van der Waals surface area contributed by atoms with Gasteiger partial charge in [0.25, 0.3) is 0 Å². The summed E-state index contributed by atoms with van der Waals surface area (Å²) in [5.41, 5.74) is 4.20. The molecule has 1 aliphatic rings. The third-order valence-electron chi connectivity index (χ3n) is 4.47. The topological polar surface area (TPSA) is 38.9 Å². The van der Waals surface area contributed by atoms with Crippen LogP contribution in [0.5, 0.6) is 0 Å². The fourth-order valence-corrected chi connectivity index (χ4v) is 3.25. The third-order valence-corrected chi connectivity index (χ3v) is 4.47. The summed E-state index contributed by atoms with van der Waals surface area (Å²) in [5, 5.41) is 0. The van der Waals surface area contributed by atoms with Gasteiger partial charge in [-0.1, -0.05) is 6.07 Å². The Balaban J connectivity index is 1.63. The quantitative estimate of drug-likeness (QED) is 0.702. The maximum atomic E-state index is 13.0.